The van der Waals surface area contributed by atoms with Crippen LogP contribution in [0.4, 0.5) is 8.78 Å². The van der Waals surface area contributed by atoms with Gasteiger partial charge in [-0.1, -0.05) is 6.07 Å². The smallest absolute Gasteiger partial charge is 0.343 e. The van der Waals surface area contributed by atoms with Crippen LogP contribution >= 0.6 is 31.9 Å². The van der Waals surface area contributed by atoms with Gasteiger partial charge in [-0.15, -0.1) is 0 Å². The molecule has 0 aliphatic rings. The third kappa shape index (κ3) is 4.82. The lowest BCUT2D eigenvalue weighted by molar-refractivity contribution is 0.0733. The summed E-state index contributed by atoms with van der Waals surface area (Å²) in [5.74, 6) is -2.16. The van der Waals surface area contributed by atoms with Gasteiger partial charge in [0.25, 0.3) is 0 Å². The Balaban J connectivity index is 1.77. The van der Waals surface area contributed by atoms with Crippen molar-refractivity contribution in [2.24, 2.45) is 0 Å². The first-order chi connectivity index (χ1) is 13.3. The van der Waals surface area contributed by atoms with Crippen molar-refractivity contribution in [2.75, 3.05) is 0 Å². The summed E-state index contributed by atoms with van der Waals surface area (Å²) in [4.78, 5) is 24.7. The van der Waals surface area contributed by atoms with Gasteiger partial charge in [-0.3, -0.25) is 0 Å². The number of hydrogen-bond donors (Lipinski definition) is 0. The fourth-order valence-electron chi connectivity index (χ4n) is 2.21. The summed E-state index contributed by atoms with van der Waals surface area (Å²) in [6.07, 6.45) is 0. The zero-order chi connectivity index (χ0) is 20.3. The van der Waals surface area contributed by atoms with Crippen LogP contribution in [0.15, 0.2) is 69.6 Å². The van der Waals surface area contributed by atoms with E-state index in [1.807, 2.05) is 0 Å². The van der Waals surface area contributed by atoms with Crippen molar-refractivity contribution >= 4 is 43.8 Å². The second kappa shape index (κ2) is 8.62. The van der Waals surface area contributed by atoms with Gasteiger partial charge in [-0.25, -0.2) is 18.4 Å². The summed E-state index contributed by atoms with van der Waals surface area (Å²) in [5, 5.41) is 0. The maximum atomic E-state index is 13.1. The molecule has 0 fully saturated rings. The second-order valence-electron chi connectivity index (χ2n) is 5.51. The molecule has 0 bridgehead atoms. The summed E-state index contributed by atoms with van der Waals surface area (Å²) in [6.45, 7) is 0. The van der Waals surface area contributed by atoms with Crippen LogP contribution in [0.1, 0.15) is 20.7 Å². The molecule has 0 saturated carbocycles. The molecule has 3 aromatic carbocycles. The normalized spacial score (nSPS) is 10.4. The minimum Gasteiger partial charge on any atom is -0.422 e. The average Bonchev–Trinajstić information content (AvgIpc) is 2.66. The molecule has 28 heavy (non-hydrogen) atoms. The summed E-state index contributed by atoms with van der Waals surface area (Å²) in [7, 11) is 0. The molecule has 0 unspecified atom stereocenters. The van der Waals surface area contributed by atoms with Crippen molar-refractivity contribution in [3.05, 3.63) is 92.4 Å². The van der Waals surface area contributed by atoms with Crippen molar-refractivity contribution in [3.63, 3.8) is 0 Å². The van der Waals surface area contributed by atoms with Crippen molar-refractivity contribution in [2.45, 2.75) is 0 Å². The Morgan fingerprint density at radius 3 is 1.50 bits per heavy atom. The topological polar surface area (TPSA) is 52.6 Å². The minimum atomic E-state index is -0.732. The van der Waals surface area contributed by atoms with Gasteiger partial charge in [-0.05, 0) is 86.5 Å². The standard InChI is InChI=1S/C20H10Br2F2O4/c21-15-9-13(23)4-6-17(15)27-19(25)11-2-1-3-12(8-11)20(26)28-18-7-5-14(24)10-16(18)22/h1-10H. The van der Waals surface area contributed by atoms with Gasteiger partial charge >= 0.3 is 11.9 Å². The first-order valence-corrected chi connectivity index (χ1v) is 9.36. The molecule has 8 heteroatoms. The van der Waals surface area contributed by atoms with Gasteiger partial charge in [0.2, 0.25) is 0 Å². The average molecular weight is 512 g/mol. The highest BCUT2D eigenvalue weighted by molar-refractivity contribution is 9.10. The molecule has 0 atom stereocenters. The lowest BCUT2D eigenvalue weighted by atomic mass is 10.1. The van der Waals surface area contributed by atoms with E-state index in [9.17, 15) is 18.4 Å². The maximum Gasteiger partial charge on any atom is 0.343 e. The molecule has 0 aromatic heterocycles. The van der Waals surface area contributed by atoms with E-state index in [2.05, 4.69) is 31.9 Å². The van der Waals surface area contributed by atoms with Crippen LogP contribution in [0.25, 0.3) is 0 Å². The fourth-order valence-corrected chi connectivity index (χ4v) is 3.07. The summed E-state index contributed by atoms with van der Waals surface area (Å²) in [6, 6.07) is 13.0. The van der Waals surface area contributed by atoms with Gasteiger partial charge in [0.15, 0.2) is 0 Å². The number of carbonyl (C=O) groups excluding carboxylic acids is 2. The van der Waals surface area contributed by atoms with Gasteiger partial charge in [0.1, 0.15) is 23.1 Å². The third-order valence-electron chi connectivity index (χ3n) is 3.53. The molecule has 142 valence electrons. The number of benzene rings is 3. The Kier molecular flexibility index (Phi) is 6.21. The Morgan fingerprint density at radius 2 is 1.11 bits per heavy atom. The monoisotopic (exact) mass is 510 g/mol. The van der Waals surface area contributed by atoms with Gasteiger partial charge < -0.3 is 9.47 Å². The van der Waals surface area contributed by atoms with Crippen LogP contribution in [-0.2, 0) is 0 Å². The fraction of sp³-hybridized carbons (Fsp3) is 0. The zero-order valence-electron chi connectivity index (χ0n) is 13.9. The number of esters is 2. The highest BCUT2D eigenvalue weighted by atomic mass is 79.9. The molecule has 0 heterocycles. The molecular formula is C20H10Br2F2O4. The first kappa shape index (κ1) is 20.2. The first-order valence-electron chi connectivity index (χ1n) is 7.78. The minimum absolute atomic E-state index is 0.101. The molecule has 0 spiro atoms. The van der Waals surface area contributed by atoms with E-state index in [0.29, 0.717) is 0 Å². The van der Waals surface area contributed by atoms with Crippen LogP contribution in [0.3, 0.4) is 0 Å². The van der Waals surface area contributed by atoms with Gasteiger partial charge in [-0.2, -0.15) is 0 Å². The van der Waals surface area contributed by atoms with Crippen molar-refractivity contribution in [1.82, 2.24) is 0 Å². The maximum absolute atomic E-state index is 13.1. The largest absolute Gasteiger partial charge is 0.422 e. The summed E-state index contributed by atoms with van der Waals surface area (Å²) < 4.78 is 37.3. The molecule has 4 nitrogen and oxygen atoms in total. The summed E-state index contributed by atoms with van der Waals surface area (Å²) in [5.41, 5.74) is 0.202. The van der Waals surface area contributed by atoms with E-state index >= 15 is 0 Å². The highest BCUT2D eigenvalue weighted by Gasteiger charge is 2.16. The van der Waals surface area contributed by atoms with Crippen molar-refractivity contribution in [3.8, 4) is 11.5 Å². The van der Waals surface area contributed by atoms with Crippen molar-refractivity contribution < 1.29 is 27.8 Å². The van der Waals surface area contributed by atoms with E-state index in [1.165, 1.54) is 36.4 Å². The SMILES string of the molecule is O=C(Oc1ccc(F)cc1Br)c1cccc(C(=O)Oc2ccc(F)cc2Br)c1. The zero-order valence-corrected chi connectivity index (χ0v) is 17.1. The van der Waals surface area contributed by atoms with Crippen LogP contribution in [-0.4, -0.2) is 11.9 Å². The molecule has 0 aliphatic carbocycles. The van der Waals surface area contributed by atoms with E-state index in [1.54, 1.807) is 0 Å². The lowest BCUT2D eigenvalue weighted by Gasteiger charge is -2.09. The van der Waals surface area contributed by atoms with E-state index in [4.69, 9.17) is 9.47 Å². The number of ether oxygens (including phenoxy) is 2. The molecule has 0 aliphatic heterocycles. The Morgan fingerprint density at radius 1 is 0.679 bits per heavy atom. The van der Waals surface area contributed by atoms with Gasteiger partial charge in [0, 0.05) is 0 Å². The molecule has 0 saturated heterocycles. The Hall–Kier alpha value is -2.58. The van der Waals surface area contributed by atoms with Crippen LogP contribution in [0.2, 0.25) is 0 Å². The predicted octanol–water partition coefficient (Wildman–Crippen LogP) is 5.93. The van der Waals surface area contributed by atoms with Crippen LogP contribution in [0, 0.1) is 11.6 Å². The number of hydrogen-bond acceptors (Lipinski definition) is 4. The molecule has 3 rings (SSSR count). The van der Waals surface area contributed by atoms with E-state index in [-0.39, 0.29) is 31.6 Å². The molecule has 0 radical (unpaired) electrons. The van der Waals surface area contributed by atoms with Crippen LogP contribution in [0.5, 0.6) is 11.5 Å². The van der Waals surface area contributed by atoms with Crippen molar-refractivity contribution in [1.29, 1.82) is 0 Å². The number of halogens is 4. The lowest BCUT2D eigenvalue weighted by Crippen LogP contribution is -2.13. The Labute approximate surface area is 175 Å². The predicted molar refractivity (Wildman–Crippen MR) is 105 cm³/mol. The Bertz CT molecular complexity index is 989. The quantitative estimate of drug-likeness (QED) is 0.322. The number of carbonyl (C=O) groups is 2. The molecule has 0 N–H and O–H groups in total. The van der Waals surface area contributed by atoms with Crippen LogP contribution < -0.4 is 9.47 Å². The van der Waals surface area contributed by atoms with Gasteiger partial charge in [0.05, 0.1) is 20.1 Å². The number of rotatable bonds is 4. The molecular weight excluding hydrogens is 502 g/mol. The molecule has 3 aromatic rings. The molecule has 0 amide bonds. The third-order valence-corrected chi connectivity index (χ3v) is 4.77. The van der Waals surface area contributed by atoms with E-state index in [0.717, 1.165) is 24.3 Å². The van der Waals surface area contributed by atoms with E-state index < -0.39 is 23.6 Å². The summed E-state index contributed by atoms with van der Waals surface area (Å²) >= 11 is 6.22. The second-order valence-corrected chi connectivity index (χ2v) is 7.22. The highest BCUT2D eigenvalue weighted by Crippen LogP contribution is 2.27.